The van der Waals surface area contributed by atoms with Crippen molar-refractivity contribution in [3.05, 3.63) is 48.5 Å². The van der Waals surface area contributed by atoms with Crippen LogP contribution in [0.5, 0.6) is 11.5 Å². The Morgan fingerprint density at radius 1 is 1.08 bits per heavy atom. The van der Waals surface area contributed by atoms with E-state index in [9.17, 15) is 9.59 Å². The van der Waals surface area contributed by atoms with Gasteiger partial charge in [-0.1, -0.05) is 12.1 Å². The van der Waals surface area contributed by atoms with Gasteiger partial charge in [0, 0.05) is 18.7 Å². The zero-order valence-corrected chi connectivity index (χ0v) is 14.2. The maximum atomic E-state index is 12.5. The summed E-state index contributed by atoms with van der Waals surface area (Å²) >= 11 is 0. The lowest BCUT2D eigenvalue weighted by atomic mass is 10.1. The predicted molar refractivity (Wildman–Crippen MR) is 95.1 cm³/mol. The molecule has 0 aromatic heterocycles. The van der Waals surface area contributed by atoms with Gasteiger partial charge in [-0.15, -0.1) is 0 Å². The summed E-state index contributed by atoms with van der Waals surface area (Å²) in [6, 6.07) is 14.4. The standard InChI is InChI=1S/C19H20N2O4/c1-24-15-9-7-14(8-10-15)21-12-13(11-18(21)22)19(23)20-16-5-3-4-6-17(16)25-2/h3-10,13H,11-12H2,1-2H3,(H,20,23). The molecule has 6 heteroatoms. The fraction of sp³-hybridized carbons (Fsp3) is 0.263. The summed E-state index contributed by atoms with van der Waals surface area (Å²) in [5.41, 5.74) is 1.36. The summed E-state index contributed by atoms with van der Waals surface area (Å²) in [7, 11) is 3.14. The molecule has 1 atom stereocenters. The van der Waals surface area contributed by atoms with Crippen LogP contribution in [0.4, 0.5) is 11.4 Å². The van der Waals surface area contributed by atoms with Crippen molar-refractivity contribution in [3.8, 4) is 11.5 Å². The second kappa shape index (κ2) is 7.25. The van der Waals surface area contributed by atoms with Gasteiger partial charge in [0.25, 0.3) is 0 Å². The molecule has 6 nitrogen and oxygen atoms in total. The Morgan fingerprint density at radius 3 is 2.48 bits per heavy atom. The minimum absolute atomic E-state index is 0.0645. The third-order valence-electron chi connectivity index (χ3n) is 4.24. The molecule has 1 N–H and O–H groups in total. The van der Waals surface area contributed by atoms with Crippen molar-refractivity contribution in [2.75, 3.05) is 31.0 Å². The molecule has 1 aliphatic rings. The number of ether oxygens (including phenoxy) is 2. The molecule has 1 unspecified atom stereocenters. The van der Waals surface area contributed by atoms with Gasteiger partial charge in [-0.3, -0.25) is 9.59 Å². The molecule has 0 spiro atoms. The minimum atomic E-state index is -0.403. The molecule has 0 bridgehead atoms. The van der Waals surface area contributed by atoms with E-state index >= 15 is 0 Å². The molecule has 3 rings (SSSR count). The Bertz CT molecular complexity index is 773. The van der Waals surface area contributed by atoms with Crippen LogP contribution in [0.1, 0.15) is 6.42 Å². The number of rotatable bonds is 5. The minimum Gasteiger partial charge on any atom is -0.497 e. The van der Waals surface area contributed by atoms with Crippen molar-refractivity contribution < 1.29 is 19.1 Å². The second-order valence-corrected chi connectivity index (χ2v) is 5.79. The molecule has 1 aliphatic heterocycles. The number of amides is 2. The summed E-state index contributed by atoms with van der Waals surface area (Å²) in [5.74, 6) is 0.659. The Morgan fingerprint density at radius 2 is 1.80 bits per heavy atom. The molecule has 1 saturated heterocycles. The normalized spacial score (nSPS) is 16.6. The summed E-state index contributed by atoms with van der Waals surface area (Å²) in [6.07, 6.45) is 0.188. The molecular weight excluding hydrogens is 320 g/mol. The Labute approximate surface area is 146 Å². The highest BCUT2D eigenvalue weighted by atomic mass is 16.5. The molecular formula is C19H20N2O4. The Balaban J connectivity index is 1.70. The average molecular weight is 340 g/mol. The molecule has 1 fully saturated rings. The molecule has 2 amide bonds. The molecule has 2 aromatic rings. The highest BCUT2D eigenvalue weighted by molar-refractivity contribution is 6.03. The smallest absolute Gasteiger partial charge is 0.229 e. The molecule has 0 saturated carbocycles. The zero-order chi connectivity index (χ0) is 17.8. The number of nitrogens with one attached hydrogen (secondary N) is 1. The SMILES string of the molecule is COc1ccc(N2CC(C(=O)Nc3ccccc3OC)CC2=O)cc1. The lowest BCUT2D eigenvalue weighted by molar-refractivity contribution is -0.122. The Hall–Kier alpha value is -3.02. The first kappa shape index (κ1) is 16.8. The highest BCUT2D eigenvalue weighted by Gasteiger charge is 2.35. The van der Waals surface area contributed by atoms with Crippen molar-refractivity contribution in [1.82, 2.24) is 0 Å². The van der Waals surface area contributed by atoms with Crippen molar-refractivity contribution in [3.63, 3.8) is 0 Å². The topological polar surface area (TPSA) is 67.9 Å². The molecule has 0 radical (unpaired) electrons. The van der Waals surface area contributed by atoms with E-state index in [0.717, 1.165) is 11.4 Å². The fourth-order valence-electron chi connectivity index (χ4n) is 2.88. The fourth-order valence-corrected chi connectivity index (χ4v) is 2.88. The van der Waals surface area contributed by atoms with Crippen molar-refractivity contribution >= 4 is 23.2 Å². The van der Waals surface area contributed by atoms with E-state index in [0.29, 0.717) is 18.0 Å². The largest absolute Gasteiger partial charge is 0.497 e. The summed E-state index contributed by atoms with van der Waals surface area (Å²) in [4.78, 5) is 26.5. The first-order valence-corrected chi connectivity index (χ1v) is 8.00. The van der Waals surface area contributed by atoms with E-state index in [1.807, 2.05) is 24.3 Å². The van der Waals surface area contributed by atoms with Gasteiger partial charge >= 0.3 is 0 Å². The van der Waals surface area contributed by atoms with Gasteiger partial charge < -0.3 is 19.7 Å². The molecule has 1 heterocycles. The van der Waals surface area contributed by atoms with Gasteiger partial charge in [0.05, 0.1) is 25.8 Å². The van der Waals surface area contributed by atoms with Crippen LogP contribution in [-0.4, -0.2) is 32.6 Å². The molecule has 2 aromatic carbocycles. The predicted octanol–water partition coefficient (Wildman–Crippen LogP) is 2.70. The van der Waals surface area contributed by atoms with Crippen LogP contribution in [0.25, 0.3) is 0 Å². The number of nitrogens with zero attached hydrogens (tertiary/aromatic N) is 1. The van der Waals surface area contributed by atoms with Crippen molar-refractivity contribution in [2.24, 2.45) is 5.92 Å². The van der Waals surface area contributed by atoms with Crippen molar-refractivity contribution in [1.29, 1.82) is 0 Å². The van der Waals surface area contributed by atoms with Crippen LogP contribution >= 0.6 is 0 Å². The number of methoxy groups -OCH3 is 2. The molecule has 25 heavy (non-hydrogen) atoms. The van der Waals surface area contributed by atoms with Crippen LogP contribution in [0, 0.1) is 5.92 Å². The number of carbonyl (C=O) groups excluding carboxylic acids is 2. The highest BCUT2D eigenvalue weighted by Crippen LogP contribution is 2.29. The van der Waals surface area contributed by atoms with E-state index in [1.54, 1.807) is 43.4 Å². The number of para-hydroxylation sites is 2. The Kier molecular flexibility index (Phi) is 4.88. The van der Waals surface area contributed by atoms with Gasteiger partial charge in [-0.2, -0.15) is 0 Å². The summed E-state index contributed by atoms with van der Waals surface area (Å²) in [6.45, 7) is 0.353. The lowest BCUT2D eigenvalue weighted by Gasteiger charge is -2.17. The van der Waals surface area contributed by atoms with E-state index in [-0.39, 0.29) is 18.2 Å². The van der Waals surface area contributed by atoms with Gasteiger partial charge in [0.15, 0.2) is 0 Å². The molecule has 130 valence electrons. The third-order valence-corrected chi connectivity index (χ3v) is 4.24. The maximum Gasteiger partial charge on any atom is 0.229 e. The lowest BCUT2D eigenvalue weighted by Crippen LogP contribution is -2.28. The number of hydrogen-bond acceptors (Lipinski definition) is 4. The maximum absolute atomic E-state index is 12.5. The van der Waals surface area contributed by atoms with Crippen LogP contribution in [0.2, 0.25) is 0 Å². The van der Waals surface area contributed by atoms with E-state index in [4.69, 9.17) is 9.47 Å². The van der Waals surface area contributed by atoms with Gasteiger partial charge in [-0.05, 0) is 36.4 Å². The monoisotopic (exact) mass is 340 g/mol. The number of benzene rings is 2. The number of carbonyl (C=O) groups is 2. The van der Waals surface area contributed by atoms with Crippen LogP contribution in [0.15, 0.2) is 48.5 Å². The first-order valence-electron chi connectivity index (χ1n) is 8.00. The quantitative estimate of drug-likeness (QED) is 0.909. The van der Waals surface area contributed by atoms with Gasteiger partial charge in [0.2, 0.25) is 11.8 Å². The van der Waals surface area contributed by atoms with E-state index in [1.165, 1.54) is 0 Å². The number of hydrogen-bond donors (Lipinski definition) is 1. The molecule has 0 aliphatic carbocycles. The summed E-state index contributed by atoms with van der Waals surface area (Å²) < 4.78 is 10.4. The van der Waals surface area contributed by atoms with Crippen LogP contribution in [-0.2, 0) is 9.59 Å². The van der Waals surface area contributed by atoms with E-state index < -0.39 is 5.92 Å². The van der Waals surface area contributed by atoms with Gasteiger partial charge in [-0.25, -0.2) is 0 Å². The van der Waals surface area contributed by atoms with Crippen LogP contribution in [0.3, 0.4) is 0 Å². The van der Waals surface area contributed by atoms with Crippen LogP contribution < -0.4 is 19.7 Å². The first-order chi connectivity index (χ1) is 12.1. The average Bonchev–Trinajstić information content (AvgIpc) is 3.04. The summed E-state index contributed by atoms with van der Waals surface area (Å²) in [5, 5.41) is 2.85. The number of anilines is 2. The third kappa shape index (κ3) is 3.57. The van der Waals surface area contributed by atoms with E-state index in [2.05, 4.69) is 5.32 Å². The zero-order valence-electron chi connectivity index (χ0n) is 14.2. The van der Waals surface area contributed by atoms with Gasteiger partial charge in [0.1, 0.15) is 11.5 Å². The second-order valence-electron chi connectivity index (χ2n) is 5.79. The van der Waals surface area contributed by atoms with Crippen molar-refractivity contribution in [2.45, 2.75) is 6.42 Å².